The summed E-state index contributed by atoms with van der Waals surface area (Å²) in [4.78, 5) is 44.5. The van der Waals surface area contributed by atoms with E-state index >= 15 is 0 Å². The molecule has 4 aromatic rings. The van der Waals surface area contributed by atoms with Crippen molar-refractivity contribution in [3.05, 3.63) is 71.6 Å². The van der Waals surface area contributed by atoms with Crippen LogP contribution in [0.2, 0.25) is 0 Å². The first-order valence-electron chi connectivity index (χ1n) is 11.9. The number of alkyl halides is 2. The second kappa shape index (κ2) is 8.88. The highest BCUT2D eigenvalue weighted by Gasteiger charge is 2.42. The average Bonchev–Trinajstić information content (AvgIpc) is 3.34. The van der Waals surface area contributed by atoms with E-state index in [0.29, 0.717) is 28.9 Å². The van der Waals surface area contributed by atoms with Crippen LogP contribution in [-0.4, -0.2) is 41.8 Å². The SMILES string of the molecule is CC(C)(OP(=O)(O)O)c1ncc(-c2ccc3nc4n(c3c2)[C@@H]2C[C@@H]4NC(=O)c3cccc(OC(F)F)c32)cn1. The Morgan fingerprint density at radius 1 is 1.15 bits per heavy atom. The molecule has 0 aliphatic carbocycles. The molecule has 6 rings (SSSR count). The van der Waals surface area contributed by atoms with Crippen molar-refractivity contribution in [3.63, 3.8) is 0 Å². The third-order valence-electron chi connectivity index (χ3n) is 6.84. The molecule has 2 aromatic carbocycles. The molecule has 0 spiro atoms. The van der Waals surface area contributed by atoms with Crippen LogP contribution in [0.4, 0.5) is 8.78 Å². The Kier molecular flexibility index (Phi) is 5.81. The summed E-state index contributed by atoms with van der Waals surface area (Å²) in [7, 11) is -4.77. The van der Waals surface area contributed by atoms with Crippen LogP contribution in [0.15, 0.2) is 48.8 Å². The van der Waals surface area contributed by atoms with Gasteiger partial charge in [0, 0.05) is 29.1 Å². The lowest BCUT2D eigenvalue weighted by Crippen LogP contribution is -2.28. The molecule has 4 heterocycles. The van der Waals surface area contributed by atoms with Crippen molar-refractivity contribution in [2.24, 2.45) is 0 Å². The molecular formula is C25H22F2N5O6P. The van der Waals surface area contributed by atoms with E-state index in [-0.39, 0.29) is 23.0 Å². The molecule has 3 N–H and O–H groups in total. The van der Waals surface area contributed by atoms with Crippen LogP contribution in [0.25, 0.3) is 22.2 Å². The fourth-order valence-corrected chi connectivity index (χ4v) is 5.99. The van der Waals surface area contributed by atoms with Gasteiger partial charge in [-0.2, -0.15) is 8.78 Å². The molecule has 11 nitrogen and oxygen atoms in total. The number of halogens is 2. The third-order valence-corrected chi connectivity index (χ3v) is 7.53. The van der Waals surface area contributed by atoms with E-state index in [1.165, 1.54) is 38.4 Å². The van der Waals surface area contributed by atoms with Gasteiger partial charge in [0.05, 0.1) is 23.1 Å². The Balaban J connectivity index is 1.43. The molecule has 2 aliphatic heterocycles. The van der Waals surface area contributed by atoms with Gasteiger partial charge in [0.15, 0.2) is 5.82 Å². The maximum absolute atomic E-state index is 13.2. The second-order valence-electron chi connectivity index (χ2n) is 9.80. The fourth-order valence-electron chi connectivity index (χ4n) is 5.32. The van der Waals surface area contributed by atoms with Crippen LogP contribution in [0.1, 0.15) is 59.9 Å². The lowest BCUT2D eigenvalue weighted by atomic mass is 9.97. The number of imidazole rings is 1. The molecular weight excluding hydrogens is 535 g/mol. The molecule has 1 amide bonds. The minimum Gasteiger partial charge on any atom is -0.434 e. The van der Waals surface area contributed by atoms with Gasteiger partial charge in [-0.3, -0.25) is 9.32 Å². The molecule has 14 heteroatoms. The maximum atomic E-state index is 13.2. The summed E-state index contributed by atoms with van der Waals surface area (Å²) in [5, 5.41) is 2.95. The zero-order chi connectivity index (χ0) is 27.7. The van der Waals surface area contributed by atoms with Crippen LogP contribution >= 0.6 is 7.82 Å². The third kappa shape index (κ3) is 4.47. The zero-order valence-corrected chi connectivity index (χ0v) is 21.5. The van der Waals surface area contributed by atoms with Crippen molar-refractivity contribution in [1.82, 2.24) is 24.8 Å². The van der Waals surface area contributed by atoms with Gasteiger partial charge in [0.1, 0.15) is 17.2 Å². The number of carbonyl (C=O) groups excluding carboxylic acids is 1. The maximum Gasteiger partial charge on any atom is 0.470 e. The summed E-state index contributed by atoms with van der Waals surface area (Å²) in [6, 6.07) is 9.14. The van der Waals surface area contributed by atoms with E-state index in [1.807, 2.05) is 16.7 Å². The molecule has 0 unspecified atom stereocenters. The van der Waals surface area contributed by atoms with Gasteiger partial charge in [0.25, 0.3) is 5.91 Å². The van der Waals surface area contributed by atoms with Crippen molar-refractivity contribution in [3.8, 4) is 16.9 Å². The number of aromatic nitrogens is 4. The molecule has 0 radical (unpaired) electrons. The predicted molar refractivity (Wildman–Crippen MR) is 133 cm³/mol. The Bertz CT molecular complexity index is 1670. The van der Waals surface area contributed by atoms with E-state index in [0.717, 1.165) is 11.1 Å². The van der Waals surface area contributed by atoms with Gasteiger partial charge >= 0.3 is 14.4 Å². The van der Waals surface area contributed by atoms with Crippen molar-refractivity contribution in [1.29, 1.82) is 0 Å². The number of phosphoric ester groups is 1. The monoisotopic (exact) mass is 557 g/mol. The van der Waals surface area contributed by atoms with Crippen molar-refractivity contribution < 1.29 is 37.2 Å². The number of amides is 1. The van der Waals surface area contributed by atoms with Gasteiger partial charge in [-0.1, -0.05) is 12.1 Å². The number of carbonyl (C=O) groups is 1. The van der Waals surface area contributed by atoms with E-state index in [2.05, 4.69) is 15.3 Å². The first-order valence-corrected chi connectivity index (χ1v) is 13.4. The number of nitrogens with one attached hydrogen (secondary N) is 1. The van der Waals surface area contributed by atoms with Crippen LogP contribution < -0.4 is 10.1 Å². The van der Waals surface area contributed by atoms with Crippen molar-refractivity contribution in [2.45, 2.75) is 44.6 Å². The molecule has 0 fully saturated rings. The van der Waals surface area contributed by atoms with Gasteiger partial charge < -0.3 is 24.4 Å². The Labute approximate surface area is 220 Å². The van der Waals surface area contributed by atoms with E-state index < -0.39 is 32.1 Å². The molecule has 2 atom stereocenters. The topological polar surface area (TPSA) is 149 Å². The number of hydrogen-bond acceptors (Lipinski definition) is 7. The molecule has 2 bridgehead atoms. The number of hydrogen-bond donors (Lipinski definition) is 3. The van der Waals surface area contributed by atoms with Gasteiger partial charge in [0.2, 0.25) is 0 Å². The number of nitrogens with zero attached hydrogens (tertiary/aromatic N) is 4. The highest BCUT2D eigenvalue weighted by Crippen LogP contribution is 2.48. The second-order valence-corrected chi connectivity index (χ2v) is 11.0. The fraction of sp³-hybridized carbons (Fsp3) is 0.280. The minimum absolute atomic E-state index is 0.0571. The summed E-state index contributed by atoms with van der Waals surface area (Å²) in [6.45, 7) is -0.150. The summed E-state index contributed by atoms with van der Waals surface area (Å²) >= 11 is 0. The largest absolute Gasteiger partial charge is 0.470 e. The molecule has 39 heavy (non-hydrogen) atoms. The quantitative estimate of drug-likeness (QED) is 0.296. The van der Waals surface area contributed by atoms with Crippen LogP contribution in [0, 0.1) is 0 Å². The van der Waals surface area contributed by atoms with E-state index in [9.17, 15) is 27.9 Å². The first-order chi connectivity index (χ1) is 18.4. The molecule has 0 saturated heterocycles. The molecule has 2 aromatic heterocycles. The highest BCUT2D eigenvalue weighted by molar-refractivity contribution is 7.46. The average molecular weight is 557 g/mol. The molecule has 202 valence electrons. The lowest BCUT2D eigenvalue weighted by molar-refractivity contribution is -0.0507. The summed E-state index contributed by atoms with van der Waals surface area (Å²) in [5.74, 6) is 0.267. The van der Waals surface area contributed by atoms with E-state index in [1.54, 1.807) is 12.1 Å². The van der Waals surface area contributed by atoms with Crippen LogP contribution in [0.3, 0.4) is 0 Å². The number of rotatable bonds is 6. The van der Waals surface area contributed by atoms with E-state index in [4.69, 9.17) is 14.2 Å². The van der Waals surface area contributed by atoms with Crippen molar-refractivity contribution in [2.75, 3.05) is 0 Å². The zero-order valence-electron chi connectivity index (χ0n) is 20.6. The lowest BCUT2D eigenvalue weighted by Gasteiger charge is -2.23. The minimum atomic E-state index is -4.77. The normalized spacial score (nSPS) is 18.6. The molecule has 2 aliphatic rings. The highest BCUT2D eigenvalue weighted by atomic mass is 31.2. The standard InChI is InChI=1S/C25H22F2N5O6P/c1-25(2,38-39(34,35)36)23-28-10-13(11-29-23)12-6-7-15-17(8-12)32-18-9-16(21(32)30-15)31-22(33)14-4-3-5-19(20(14)18)37-24(26)27/h3-8,10-11,16,18,24H,9H2,1-2H3,(H,31,33)(H2,34,35,36)/t16-,18+/m0/s1. The Hall–Kier alpha value is -3.77. The number of phosphoric acid groups is 1. The number of fused-ring (bicyclic) bond motifs is 9. The number of benzene rings is 2. The molecule has 0 saturated carbocycles. The van der Waals surface area contributed by atoms with Gasteiger partial charge in [-0.15, -0.1) is 0 Å². The van der Waals surface area contributed by atoms with Gasteiger partial charge in [-0.05, 0) is 50.1 Å². The van der Waals surface area contributed by atoms with Crippen molar-refractivity contribution >= 4 is 24.8 Å². The van der Waals surface area contributed by atoms with Crippen LogP contribution in [0.5, 0.6) is 5.75 Å². The first kappa shape index (κ1) is 25.5. The van der Waals surface area contributed by atoms with Gasteiger partial charge in [-0.25, -0.2) is 19.5 Å². The predicted octanol–water partition coefficient (Wildman–Crippen LogP) is 4.22. The summed E-state index contributed by atoms with van der Waals surface area (Å²) in [6.07, 6.45) is 3.46. The Morgan fingerprint density at radius 2 is 1.90 bits per heavy atom. The van der Waals surface area contributed by atoms with Crippen LogP contribution in [-0.2, 0) is 14.7 Å². The smallest absolute Gasteiger partial charge is 0.434 e. The Morgan fingerprint density at radius 3 is 2.59 bits per heavy atom. The summed E-state index contributed by atoms with van der Waals surface area (Å²) < 4.78 is 49.4. The number of ether oxygens (including phenoxy) is 1. The summed E-state index contributed by atoms with van der Waals surface area (Å²) in [5.41, 5.74) is 1.94.